The number of piperidine rings is 1. The molecule has 3 aromatic rings. The van der Waals surface area contributed by atoms with E-state index in [0.717, 1.165) is 15.1 Å². The first-order valence-electron chi connectivity index (χ1n) is 10.1. The Bertz CT molecular complexity index is 1190. The summed E-state index contributed by atoms with van der Waals surface area (Å²) >= 11 is 2.89. The van der Waals surface area contributed by atoms with Crippen LogP contribution in [0.25, 0.3) is 10.2 Å². The Morgan fingerprint density at radius 1 is 1.16 bits per heavy atom. The second-order valence-corrected chi connectivity index (χ2v) is 11.5. The van der Waals surface area contributed by atoms with Gasteiger partial charge in [0, 0.05) is 23.9 Å². The summed E-state index contributed by atoms with van der Waals surface area (Å²) in [5.41, 5.74) is 3.26. The highest BCUT2D eigenvalue weighted by Crippen LogP contribution is 2.32. The molecule has 0 radical (unpaired) electrons. The Labute approximate surface area is 191 Å². The molecule has 0 saturated carbocycles. The molecule has 1 aromatic heterocycles. The Hall–Kier alpha value is -1.94. The van der Waals surface area contributed by atoms with Crippen LogP contribution >= 0.6 is 23.1 Å². The molecule has 1 fully saturated rings. The molecule has 0 aliphatic carbocycles. The molecular weight excluding hydrogens is 450 g/mol. The number of anilines is 1. The number of amides is 1. The summed E-state index contributed by atoms with van der Waals surface area (Å²) in [6.07, 6.45) is 2.86. The molecular formula is C22H25N3O3S3. The van der Waals surface area contributed by atoms with E-state index in [1.54, 1.807) is 12.1 Å². The minimum absolute atomic E-state index is 0.0888. The molecule has 164 valence electrons. The lowest BCUT2D eigenvalue weighted by Crippen LogP contribution is -2.41. The number of hydrogen-bond acceptors (Lipinski definition) is 6. The highest BCUT2D eigenvalue weighted by molar-refractivity contribution is 7.99. The van der Waals surface area contributed by atoms with Crippen molar-refractivity contribution in [1.82, 2.24) is 9.29 Å². The average molecular weight is 476 g/mol. The first-order chi connectivity index (χ1) is 14.8. The summed E-state index contributed by atoms with van der Waals surface area (Å²) < 4.78 is 28.7. The number of thioether (sulfide) groups is 1. The largest absolute Gasteiger partial charge is 0.302 e. The van der Waals surface area contributed by atoms with E-state index < -0.39 is 10.0 Å². The van der Waals surface area contributed by atoms with Gasteiger partial charge >= 0.3 is 0 Å². The fourth-order valence-corrected chi connectivity index (χ4v) is 7.31. The molecule has 0 atom stereocenters. The van der Waals surface area contributed by atoms with E-state index in [4.69, 9.17) is 0 Å². The molecule has 6 nitrogen and oxygen atoms in total. The Kier molecular flexibility index (Phi) is 6.39. The second-order valence-electron chi connectivity index (χ2n) is 7.74. The SMILES string of the molecule is CSc1ccccc1S(=O)(=O)N1CCC(C(=O)Nc2nc3cc(C)c(C)cc3s2)CC1. The number of benzene rings is 2. The number of nitrogens with zero attached hydrogens (tertiary/aromatic N) is 2. The van der Waals surface area contributed by atoms with Crippen LogP contribution in [0.4, 0.5) is 5.13 Å². The van der Waals surface area contributed by atoms with Gasteiger partial charge in [0.15, 0.2) is 5.13 Å². The summed E-state index contributed by atoms with van der Waals surface area (Å²) in [7, 11) is -3.57. The van der Waals surface area contributed by atoms with Crippen molar-refractivity contribution in [2.24, 2.45) is 5.92 Å². The van der Waals surface area contributed by atoms with E-state index in [9.17, 15) is 13.2 Å². The third-order valence-corrected chi connectivity index (χ3v) is 9.56. The number of nitrogens with one attached hydrogen (secondary N) is 1. The number of aromatic nitrogens is 1. The van der Waals surface area contributed by atoms with Crippen LogP contribution in [0.1, 0.15) is 24.0 Å². The molecule has 0 bridgehead atoms. The highest BCUT2D eigenvalue weighted by Gasteiger charge is 2.33. The minimum Gasteiger partial charge on any atom is -0.302 e. The number of sulfonamides is 1. The highest BCUT2D eigenvalue weighted by atomic mass is 32.2. The first-order valence-corrected chi connectivity index (χ1v) is 13.6. The van der Waals surface area contributed by atoms with Gasteiger partial charge in [0.1, 0.15) is 0 Å². The van der Waals surface area contributed by atoms with Crippen LogP contribution in [0.5, 0.6) is 0 Å². The maximum atomic E-state index is 13.1. The van der Waals surface area contributed by atoms with Crippen LogP contribution in [0.2, 0.25) is 0 Å². The molecule has 2 heterocycles. The van der Waals surface area contributed by atoms with Crippen molar-refractivity contribution in [2.75, 3.05) is 24.7 Å². The van der Waals surface area contributed by atoms with E-state index >= 15 is 0 Å². The van der Waals surface area contributed by atoms with Crippen molar-refractivity contribution in [3.05, 3.63) is 47.5 Å². The van der Waals surface area contributed by atoms with Crippen molar-refractivity contribution in [3.63, 3.8) is 0 Å². The molecule has 4 rings (SSSR count). The third kappa shape index (κ3) is 4.50. The smallest absolute Gasteiger partial charge is 0.244 e. The van der Waals surface area contributed by atoms with Gasteiger partial charge in [0.05, 0.1) is 15.1 Å². The fourth-order valence-electron chi connectivity index (χ4n) is 3.77. The van der Waals surface area contributed by atoms with Gasteiger partial charge in [-0.2, -0.15) is 4.31 Å². The van der Waals surface area contributed by atoms with Crippen molar-refractivity contribution in [1.29, 1.82) is 0 Å². The van der Waals surface area contributed by atoms with Crippen molar-refractivity contribution in [3.8, 4) is 0 Å². The molecule has 1 N–H and O–H groups in total. The van der Waals surface area contributed by atoms with E-state index in [0.29, 0.717) is 36.0 Å². The molecule has 2 aromatic carbocycles. The van der Waals surface area contributed by atoms with Gasteiger partial charge in [0.25, 0.3) is 0 Å². The Balaban J connectivity index is 1.42. The van der Waals surface area contributed by atoms with Crippen molar-refractivity contribution < 1.29 is 13.2 Å². The van der Waals surface area contributed by atoms with Gasteiger partial charge in [-0.25, -0.2) is 13.4 Å². The molecule has 31 heavy (non-hydrogen) atoms. The predicted molar refractivity (Wildman–Crippen MR) is 127 cm³/mol. The molecule has 0 spiro atoms. The van der Waals surface area contributed by atoms with Gasteiger partial charge in [0.2, 0.25) is 15.9 Å². The summed E-state index contributed by atoms with van der Waals surface area (Å²) in [6, 6.07) is 11.2. The van der Waals surface area contributed by atoms with Crippen LogP contribution in [0.15, 0.2) is 46.2 Å². The third-order valence-electron chi connectivity index (χ3n) is 5.75. The van der Waals surface area contributed by atoms with Crippen molar-refractivity contribution in [2.45, 2.75) is 36.5 Å². The van der Waals surface area contributed by atoms with Crippen LogP contribution in [-0.4, -0.2) is 43.0 Å². The predicted octanol–water partition coefficient (Wildman–Crippen LogP) is 4.67. The standard InChI is InChI=1S/C22H25N3O3S3/c1-14-12-17-19(13-15(14)2)30-22(23-17)24-21(26)16-8-10-25(11-9-16)31(27,28)20-7-5-4-6-18(20)29-3/h4-7,12-13,16H,8-11H2,1-3H3,(H,23,24,26). The molecule has 1 aliphatic heterocycles. The number of fused-ring (bicyclic) bond motifs is 1. The molecule has 9 heteroatoms. The maximum Gasteiger partial charge on any atom is 0.244 e. The van der Waals surface area contributed by atoms with Crippen LogP contribution in [0, 0.1) is 19.8 Å². The van der Waals surface area contributed by atoms with Gasteiger partial charge in [-0.15, -0.1) is 11.8 Å². The monoisotopic (exact) mass is 475 g/mol. The van der Waals surface area contributed by atoms with Crippen LogP contribution in [0.3, 0.4) is 0 Å². The van der Waals surface area contributed by atoms with Gasteiger partial charge in [-0.1, -0.05) is 23.5 Å². The average Bonchev–Trinajstić information content (AvgIpc) is 3.14. The number of carbonyl (C=O) groups excluding carboxylic acids is 1. The molecule has 1 aliphatic rings. The number of thiazole rings is 1. The van der Waals surface area contributed by atoms with Gasteiger partial charge in [-0.05, 0) is 68.3 Å². The maximum absolute atomic E-state index is 13.1. The van der Waals surface area contributed by atoms with E-state index in [-0.39, 0.29) is 11.8 Å². The number of hydrogen-bond donors (Lipinski definition) is 1. The first kappa shape index (κ1) is 22.3. The van der Waals surface area contributed by atoms with Crippen molar-refractivity contribution >= 4 is 54.4 Å². The van der Waals surface area contributed by atoms with Gasteiger partial charge < -0.3 is 5.32 Å². The number of aryl methyl sites for hydroxylation is 2. The normalized spacial score (nSPS) is 16.0. The summed E-state index contributed by atoms with van der Waals surface area (Å²) in [4.78, 5) is 18.4. The lowest BCUT2D eigenvalue weighted by Gasteiger charge is -2.30. The van der Waals surface area contributed by atoms with Gasteiger partial charge in [-0.3, -0.25) is 4.79 Å². The Morgan fingerprint density at radius 3 is 2.55 bits per heavy atom. The topological polar surface area (TPSA) is 79.4 Å². The molecule has 0 unspecified atom stereocenters. The number of carbonyl (C=O) groups is 1. The van der Waals surface area contributed by atoms with Crippen LogP contribution < -0.4 is 5.32 Å². The lowest BCUT2D eigenvalue weighted by molar-refractivity contribution is -0.120. The zero-order valence-corrected chi connectivity index (χ0v) is 20.2. The van der Waals surface area contributed by atoms with Crippen LogP contribution in [-0.2, 0) is 14.8 Å². The molecule has 1 saturated heterocycles. The number of rotatable bonds is 5. The van der Waals surface area contributed by atoms with E-state index in [2.05, 4.69) is 23.3 Å². The lowest BCUT2D eigenvalue weighted by atomic mass is 9.97. The zero-order valence-electron chi connectivity index (χ0n) is 17.7. The minimum atomic E-state index is -3.57. The summed E-state index contributed by atoms with van der Waals surface area (Å²) in [5, 5.41) is 3.53. The molecule has 1 amide bonds. The summed E-state index contributed by atoms with van der Waals surface area (Å²) in [6.45, 7) is 4.78. The van der Waals surface area contributed by atoms with E-state index in [1.165, 1.54) is 38.5 Å². The fraction of sp³-hybridized carbons (Fsp3) is 0.364. The quantitative estimate of drug-likeness (QED) is 0.542. The second kappa shape index (κ2) is 8.90. The van der Waals surface area contributed by atoms with E-state index in [1.807, 2.05) is 31.4 Å². The zero-order chi connectivity index (χ0) is 22.2. The Morgan fingerprint density at radius 2 is 1.84 bits per heavy atom. The summed E-state index contributed by atoms with van der Waals surface area (Å²) in [5.74, 6) is -0.313.